The largest absolute Gasteiger partial charge is 0.396 e. The van der Waals surface area contributed by atoms with Gasteiger partial charge >= 0.3 is 0 Å². The number of nitrogens with zero attached hydrogens (tertiary/aromatic N) is 1. The quantitative estimate of drug-likeness (QED) is 0.721. The maximum atomic E-state index is 11.8. The van der Waals surface area contributed by atoms with Crippen molar-refractivity contribution in [3.8, 4) is 0 Å². The highest BCUT2D eigenvalue weighted by atomic mass is 16.3. The van der Waals surface area contributed by atoms with E-state index in [0.717, 1.165) is 38.3 Å². The highest BCUT2D eigenvalue weighted by Gasteiger charge is 2.25. The maximum absolute atomic E-state index is 11.8. The molecule has 1 N–H and O–H groups in total. The lowest BCUT2D eigenvalue weighted by molar-refractivity contribution is -0.133. The molecule has 0 radical (unpaired) electrons. The topological polar surface area (TPSA) is 40.5 Å². The Balaban J connectivity index is 2.28. The Hall–Kier alpha value is -0.570. The monoisotopic (exact) mass is 213 g/mol. The summed E-state index contributed by atoms with van der Waals surface area (Å²) in [6, 6.07) is 0. The van der Waals surface area contributed by atoms with E-state index in [4.69, 9.17) is 5.11 Å². The van der Waals surface area contributed by atoms with Crippen LogP contribution in [-0.2, 0) is 4.79 Å². The summed E-state index contributed by atoms with van der Waals surface area (Å²) in [6.45, 7) is 6.51. The normalized spacial score (nSPS) is 26.7. The van der Waals surface area contributed by atoms with Gasteiger partial charge in [0.2, 0.25) is 5.91 Å². The number of amides is 1. The Labute approximate surface area is 92.5 Å². The molecule has 0 saturated carbocycles. The molecule has 0 aliphatic carbocycles. The zero-order chi connectivity index (χ0) is 11.3. The lowest BCUT2D eigenvalue weighted by atomic mass is 9.88. The van der Waals surface area contributed by atoms with E-state index in [1.54, 1.807) is 0 Å². The summed E-state index contributed by atoms with van der Waals surface area (Å²) >= 11 is 0. The molecule has 0 bridgehead atoms. The van der Waals surface area contributed by atoms with Gasteiger partial charge in [-0.25, -0.2) is 0 Å². The Morgan fingerprint density at radius 3 is 2.67 bits per heavy atom. The number of likely N-dealkylation sites (tertiary alicyclic amines) is 1. The van der Waals surface area contributed by atoms with Crippen LogP contribution in [0.3, 0.4) is 0 Å². The zero-order valence-electron chi connectivity index (χ0n) is 9.91. The highest BCUT2D eigenvalue weighted by molar-refractivity contribution is 5.76. The summed E-state index contributed by atoms with van der Waals surface area (Å²) in [4.78, 5) is 13.8. The van der Waals surface area contributed by atoms with Gasteiger partial charge in [-0.15, -0.1) is 0 Å². The predicted octanol–water partition coefficient (Wildman–Crippen LogP) is 1.65. The van der Waals surface area contributed by atoms with E-state index in [2.05, 4.69) is 13.8 Å². The molecule has 0 aromatic carbocycles. The summed E-state index contributed by atoms with van der Waals surface area (Å²) < 4.78 is 0. The van der Waals surface area contributed by atoms with Crippen molar-refractivity contribution in [3.63, 3.8) is 0 Å². The van der Waals surface area contributed by atoms with Crippen LogP contribution in [0, 0.1) is 11.8 Å². The Morgan fingerprint density at radius 2 is 2.07 bits per heavy atom. The molecular formula is C12H23NO2. The Bertz CT molecular complexity index is 206. The number of carbonyl (C=O) groups is 1. The number of piperidine rings is 1. The van der Waals surface area contributed by atoms with Crippen molar-refractivity contribution in [1.29, 1.82) is 0 Å². The second-order valence-corrected chi connectivity index (χ2v) is 4.76. The summed E-state index contributed by atoms with van der Waals surface area (Å²) in [6.07, 6.45) is 3.29. The van der Waals surface area contributed by atoms with Gasteiger partial charge in [-0.2, -0.15) is 0 Å². The number of hydrogen-bond acceptors (Lipinski definition) is 2. The van der Waals surface area contributed by atoms with Crippen LogP contribution in [0.5, 0.6) is 0 Å². The van der Waals surface area contributed by atoms with E-state index in [1.807, 2.05) is 4.90 Å². The van der Waals surface area contributed by atoms with Gasteiger partial charge in [-0.05, 0) is 31.1 Å². The van der Waals surface area contributed by atoms with E-state index in [1.165, 1.54) is 0 Å². The fourth-order valence-corrected chi connectivity index (χ4v) is 2.04. The Morgan fingerprint density at radius 1 is 1.33 bits per heavy atom. The number of aliphatic hydroxyl groups excluding tert-OH is 1. The smallest absolute Gasteiger partial charge is 0.222 e. The third kappa shape index (κ3) is 3.82. The van der Waals surface area contributed by atoms with Gasteiger partial charge in [0.25, 0.3) is 0 Å². The lowest BCUT2D eigenvalue weighted by Gasteiger charge is -2.35. The van der Waals surface area contributed by atoms with Crippen LogP contribution in [0.2, 0.25) is 0 Å². The van der Waals surface area contributed by atoms with Crippen molar-refractivity contribution in [1.82, 2.24) is 4.90 Å². The van der Waals surface area contributed by atoms with Crippen molar-refractivity contribution in [2.75, 3.05) is 19.7 Å². The first-order valence-corrected chi connectivity index (χ1v) is 6.03. The standard InChI is InChI=1S/C12H23NO2/c1-10-6-7-13(9-11(10)2)12(15)5-3-4-8-14/h10-11,14H,3-9H2,1-2H3. The SMILES string of the molecule is CC1CCN(C(=O)CCCCO)CC1C. The number of unbranched alkanes of at least 4 members (excludes halogenated alkanes) is 1. The predicted molar refractivity (Wildman–Crippen MR) is 60.5 cm³/mol. The Kier molecular flexibility index (Phi) is 5.09. The molecule has 88 valence electrons. The lowest BCUT2D eigenvalue weighted by Crippen LogP contribution is -2.42. The van der Waals surface area contributed by atoms with Crippen LogP contribution in [0.4, 0.5) is 0 Å². The minimum absolute atomic E-state index is 0.195. The molecule has 1 heterocycles. The van der Waals surface area contributed by atoms with Crippen LogP contribution in [0.25, 0.3) is 0 Å². The molecule has 1 amide bonds. The summed E-state index contributed by atoms with van der Waals surface area (Å²) in [5, 5.41) is 8.64. The molecule has 0 aromatic rings. The molecule has 3 heteroatoms. The molecule has 1 aliphatic rings. The molecule has 1 fully saturated rings. The van der Waals surface area contributed by atoms with Crippen LogP contribution >= 0.6 is 0 Å². The second kappa shape index (κ2) is 6.11. The number of aliphatic hydroxyl groups is 1. The molecule has 2 unspecified atom stereocenters. The average molecular weight is 213 g/mol. The minimum atomic E-state index is 0.195. The van der Waals surface area contributed by atoms with Crippen LogP contribution in [0.15, 0.2) is 0 Å². The van der Waals surface area contributed by atoms with Crippen molar-refractivity contribution in [2.24, 2.45) is 11.8 Å². The van der Waals surface area contributed by atoms with Gasteiger partial charge in [0.1, 0.15) is 0 Å². The molecular weight excluding hydrogens is 190 g/mol. The van der Waals surface area contributed by atoms with Crippen LogP contribution in [-0.4, -0.2) is 35.6 Å². The average Bonchev–Trinajstić information content (AvgIpc) is 2.22. The summed E-state index contributed by atoms with van der Waals surface area (Å²) in [5.41, 5.74) is 0. The third-order valence-corrected chi connectivity index (χ3v) is 3.49. The summed E-state index contributed by atoms with van der Waals surface area (Å²) in [7, 11) is 0. The first kappa shape index (κ1) is 12.5. The van der Waals surface area contributed by atoms with Gasteiger partial charge in [0.15, 0.2) is 0 Å². The van der Waals surface area contributed by atoms with Gasteiger partial charge in [0.05, 0.1) is 0 Å². The minimum Gasteiger partial charge on any atom is -0.396 e. The first-order valence-electron chi connectivity index (χ1n) is 6.03. The molecule has 1 aliphatic heterocycles. The number of hydrogen-bond donors (Lipinski definition) is 1. The van der Waals surface area contributed by atoms with Crippen LogP contribution < -0.4 is 0 Å². The molecule has 0 spiro atoms. The van der Waals surface area contributed by atoms with Gasteiger partial charge < -0.3 is 10.0 Å². The number of rotatable bonds is 4. The van der Waals surface area contributed by atoms with Gasteiger partial charge in [-0.1, -0.05) is 13.8 Å². The van der Waals surface area contributed by atoms with E-state index >= 15 is 0 Å². The van der Waals surface area contributed by atoms with Crippen molar-refractivity contribution in [2.45, 2.75) is 39.5 Å². The molecule has 15 heavy (non-hydrogen) atoms. The highest BCUT2D eigenvalue weighted by Crippen LogP contribution is 2.22. The van der Waals surface area contributed by atoms with E-state index < -0.39 is 0 Å². The van der Waals surface area contributed by atoms with Gasteiger partial charge in [-0.3, -0.25) is 4.79 Å². The fraction of sp³-hybridized carbons (Fsp3) is 0.917. The fourth-order valence-electron chi connectivity index (χ4n) is 2.04. The molecule has 3 nitrogen and oxygen atoms in total. The molecule has 1 saturated heterocycles. The third-order valence-electron chi connectivity index (χ3n) is 3.49. The maximum Gasteiger partial charge on any atom is 0.222 e. The molecule has 0 aromatic heterocycles. The summed E-state index contributed by atoms with van der Waals surface area (Å²) in [5.74, 6) is 1.63. The number of carbonyl (C=O) groups excluding carboxylic acids is 1. The van der Waals surface area contributed by atoms with Crippen LogP contribution in [0.1, 0.15) is 39.5 Å². The van der Waals surface area contributed by atoms with E-state index in [9.17, 15) is 4.79 Å². The first-order chi connectivity index (χ1) is 7.15. The molecule has 1 rings (SSSR count). The van der Waals surface area contributed by atoms with Crippen molar-refractivity contribution < 1.29 is 9.90 Å². The van der Waals surface area contributed by atoms with Gasteiger partial charge in [0, 0.05) is 26.1 Å². The second-order valence-electron chi connectivity index (χ2n) is 4.76. The zero-order valence-corrected chi connectivity index (χ0v) is 9.91. The van der Waals surface area contributed by atoms with Crippen molar-refractivity contribution in [3.05, 3.63) is 0 Å². The van der Waals surface area contributed by atoms with E-state index in [-0.39, 0.29) is 12.5 Å². The van der Waals surface area contributed by atoms with Crippen molar-refractivity contribution >= 4 is 5.91 Å². The molecule has 2 atom stereocenters. The van der Waals surface area contributed by atoms with E-state index in [0.29, 0.717) is 12.3 Å².